The van der Waals surface area contributed by atoms with Crippen molar-refractivity contribution in [2.24, 2.45) is 4.99 Å². The fourth-order valence-electron chi connectivity index (χ4n) is 0.928. The third-order valence-corrected chi connectivity index (χ3v) is 1.62. The monoisotopic (exact) mass is 185 g/mol. The lowest BCUT2D eigenvalue weighted by molar-refractivity contribution is -0.143. The molecule has 0 radical (unpaired) electrons. The van der Waals surface area contributed by atoms with E-state index in [0.29, 0.717) is 6.54 Å². The first kappa shape index (κ1) is 9.70. The summed E-state index contributed by atoms with van der Waals surface area (Å²) in [5.74, 6) is -1.01. The second-order valence-electron chi connectivity index (χ2n) is 2.76. The van der Waals surface area contributed by atoms with Gasteiger partial charge in [-0.1, -0.05) is 0 Å². The molecule has 0 aromatic carbocycles. The number of cyclic esters (lactones) is 1. The van der Waals surface area contributed by atoms with Gasteiger partial charge in [-0.3, -0.25) is 9.79 Å². The zero-order valence-corrected chi connectivity index (χ0v) is 7.57. The van der Waals surface area contributed by atoms with Crippen LogP contribution in [0.25, 0.3) is 0 Å². The summed E-state index contributed by atoms with van der Waals surface area (Å²) in [6, 6.07) is 0. The summed E-state index contributed by atoms with van der Waals surface area (Å²) in [5, 5.41) is 0. The Bertz CT molecular complexity index is 259. The average Bonchev–Trinajstić information content (AvgIpc) is 2.09. The molecular formula is C8H11NO4. The van der Waals surface area contributed by atoms with Crippen LogP contribution < -0.4 is 0 Å². The van der Waals surface area contributed by atoms with Crippen LogP contribution in [0.1, 0.15) is 13.3 Å². The van der Waals surface area contributed by atoms with E-state index in [9.17, 15) is 9.59 Å². The van der Waals surface area contributed by atoms with Crippen molar-refractivity contribution in [3.8, 4) is 0 Å². The van der Waals surface area contributed by atoms with Crippen molar-refractivity contribution in [2.45, 2.75) is 19.4 Å². The van der Waals surface area contributed by atoms with Crippen molar-refractivity contribution >= 4 is 17.7 Å². The maximum atomic E-state index is 11.1. The molecule has 0 aromatic rings. The van der Waals surface area contributed by atoms with Gasteiger partial charge in [0.1, 0.15) is 11.8 Å². The molecular weight excluding hydrogens is 174 g/mol. The summed E-state index contributed by atoms with van der Waals surface area (Å²) < 4.78 is 9.27. The molecule has 0 saturated heterocycles. The molecule has 1 rings (SSSR count). The number of esters is 2. The van der Waals surface area contributed by atoms with Crippen molar-refractivity contribution in [1.82, 2.24) is 0 Å². The molecule has 5 heteroatoms. The standard InChI is InChI=1S/C8H11NO4/c1-5-4-9-6(8(11)13-5)3-7(10)12-2/h5H,3-4H2,1-2H3. The third kappa shape index (κ3) is 2.54. The molecule has 1 heterocycles. The van der Waals surface area contributed by atoms with Crippen LogP contribution in [0, 0.1) is 0 Å². The smallest absolute Gasteiger partial charge is 0.353 e. The lowest BCUT2D eigenvalue weighted by Gasteiger charge is -2.17. The normalized spacial score (nSPS) is 21.8. The van der Waals surface area contributed by atoms with Gasteiger partial charge < -0.3 is 9.47 Å². The van der Waals surface area contributed by atoms with Crippen molar-refractivity contribution in [2.75, 3.05) is 13.7 Å². The predicted molar refractivity (Wildman–Crippen MR) is 44.5 cm³/mol. The Kier molecular flexibility index (Phi) is 3.00. The Morgan fingerprint density at radius 1 is 1.77 bits per heavy atom. The van der Waals surface area contributed by atoms with Gasteiger partial charge in [-0.2, -0.15) is 0 Å². The van der Waals surface area contributed by atoms with E-state index in [0.717, 1.165) is 0 Å². The number of carbonyl (C=O) groups is 2. The molecule has 72 valence electrons. The van der Waals surface area contributed by atoms with E-state index in [2.05, 4.69) is 9.73 Å². The van der Waals surface area contributed by atoms with Gasteiger partial charge in [0.15, 0.2) is 0 Å². The van der Waals surface area contributed by atoms with E-state index in [1.165, 1.54) is 7.11 Å². The molecule has 0 amide bonds. The van der Waals surface area contributed by atoms with Crippen LogP contribution in [0.5, 0.6) is 0 Å². The van der Waals surface area contributed by atoms with E-state index in [1.54, 1.807) is 6.92 Å². The van der Waals surface area contributed by atoms with Crippen LogP contribution in [0.2, 0.25) is 0 Å². The van der Waals surface area contributed by atoms with E-state index < -0.39 is 11.9 Å². The third-order valence-electron chi connectivity index (χ3n) is 1.62. The lowest BCUT2D eigenvalue weighted by atomic mass is 10.2. The topological polar surface area (TPSA) is 65.0 Å². The van der Waals surface area contributed by atoms with E-state index in [-0.39, 0.29) is 18.2 Å². The largest absolute Gasteiger partial charge is 0.469 e. The fraction of sp³-hybridized carbons (Fsp3) is 0.625. The Hall–Kier alpha value is -1.39. The van der Waals surface area contributed by atoms with Gasteiger partial charge >= 0.3 is 11.9 Å². The average molecular weight is 185 g/mol. The van der Waals surface area contributed by atoms with E-state index in [4.69, 9.17) is 4.74 Å². The Balaban J connectivity index is 2.59. The number of aliphatic imine (C=N–C) groups is 1. The first-order valence-corrected chi connectivity index (χ1v) is 3.94. The summed E-state index contributed by atoms with van der Waals surface area (Å²) in [6.07, 6.45) is -0.309. The number of hydrogen-bond acceptors (Lipinski definition) is 5. The summed E-state index contributed by atoms with van der Waals surface area (Å²) >= 11 is 0. The van der Waals surface area contributed by atoms with Crippen LogP contribution in [-0.4, -0.2) is 37.4 Å². The van der Waals surface area contributed by atoms with Gasteiger partial charge in [0.2, 0.25) is 0 Å². The Labute approximate surface area is 75.7 Å². The number of methoxy groups -OCH3 is 1. The van der Waals surface area contributed by atoms with Crippen LogP contribution in [0.4, 0.5) is 0 Å². The molecule has 0 bridgehead atoms. The molecule has 0 fully saturated rings. The summed E-state index contributed by atoms with van der Waals surface area (Å²) in [5.41, 5.74) is 0.143. The molecule has 5 nitrogen and oxygen atoms in total. The van der Waals surface area contributed by atoms with Crippen molar-refractivity contribution in [3.05, 3.63) is 0 Å². The minimum atomic E-state index is -0.524. The number of nitrogens with zero attached hydrogens (tertiary/aromatic N) is 1. The van der Waals surface area contributed by atoms with Gasteiger partial charge in [-0.05, 0) is 6.92 Å². The highest BCUT2D eigenvalue weighted by molar-refractivity contribution is 6.39. The highest BCUT2D eigenvalue weighted by Crippen LogP contribution is 2.05. The zero-order chi connectivity index (χ0) is 9.84. The molecule has 1 aliphatic rings. The van der Waals surface area contributed by atoms with Gasteiger partial charge in [-0.15, -0.1) is 0 Å². The summed E-state index contributed by atoms with van der Waals surface area (Å²) in [4.78, 5) is 25.8. The van der Waals surface area contributed by atoms with Gasteiger partial charge in [0.05, 0.1) is 20.1 Å². The molecule has 0 aliphatic carbocycles. The van der Waals surface area contributed by atoms with Crippen LogP contribution >= 0.6 is 0 Å². The maximum absolute atomic E-state index is 11.1. The molecule has 1 aliphatic heterocycles. The minimum Gasteiger partial charge on any atom is -0.469 e. The second kappa shape index (κ2) is 4.02. The van der Waals surface area contributed by atoms with Crippen molar-refractivity contribution in [3.63, 3.8) is 0 Å². The van der Waals surface area contributed by atoms with Crippen LogP contribution in [0.3, 0.4) is 0 Å². The molecule has 0 saturated carbocycles. The highest BCUT2D eigenvalue weighted by Gasteiger charge is 2.23. The van der Waals surface area contributed by atoms with Crippen LogP contribution in [-0.2, 0) is 19.1 Å². The molecule has 0 aromatic heterocycles. The lowest BCUT2D eigenvalue weighted by Crippen LogP contribution is -2.32. The highest BCUT2D eigenvalue weighted by atomic mass is 16.5. The predicted octanol–water partition coefficient (Wildman–Crippen LogP) is -0.0642. The quantitative estimate of drug-likeness (QED) is 0.565. The zero-order valence-electron chi connectivity index (χ0n) is 7.57. The molecule has 1 unspecified atom stereocenters. The number of hydrogen-bond donors (Lipinski definition) is 0. The first-order valence-electron chi connectivity index (χ1n) is 3.94. The Morgan fingerprint density at radius 3 is 3.00 bits per heavy atom. The number of ether oxygens (including phenoxy) is 2. The molecule has 13 heavy (non-hydrogen) atoms. The van der Waals surface area contributed by atoms with E-state index in [1.807, 2.05) is 0 Å². The number of carbonyl (C=O) groups excluding carboxylic acids is 2. The minimum absolute atomic E-state index is 0.109. The fourth-order valence-corrected chi connectivity index (χ4v) is 0.928. The van der Waals surface area contributed by atoms with Gasteiger partial charge in [0.25, 0.3) is 0 Å². The van der Waals surface area contributed by atoms with Crippen LogP contribution in [0.15, 0.2) is 4.99 Å². The summed E-state index contributed by atoms with van der Waals surface area (Å²) in [6.45, 7) is 2.16. The number of rotatable bonds is 2. The van der Waals surface area contributed by atoms with Gasteiger partial charge in [0, 0.05) is 0 Å². The SMILES string of the molecule is COC(=O)CC1=NCC(C)OC1=O. The maximum Gasteiger partial charge on any atom is 0.353 e. The van der Waals surface area contributed by atoms with E-state index >= 15 is 0 Å². The molecule has 0 spiro atoms. The Morgan fingerprint density at radius 2 is 2.46 bits per heavy atom. The second-order valence-corrected chi connectivity index (χ2v) is 2.76. The first-order chi connectivity index (χ1) is 6.13. The molecule has 1 atom stereocenters. The van der Waals surface area contributed by atoms with Crippen molar-refractivity contribution < 1.29 is 19.1 Å². The summed E-state index contributed by atoms with van der Waals surface area (Å²) in [7, 11) is 1.26. The van der Waals surface area contributed by atoms with Crippen molar-refractivity contribution in [1.29, 1.82) is 0 Å². The van der Waals surface area contributed by atoms with Gasteiger partial charge in [-0.25, -0.2) is 4.79 Å². The molecule has 0 N–H and O–H groups in total.